The largest absolute Gasteiger partial charge is 0.488 e. The van der Waals surface area contributed by atoms with Gasteiger partial charge in [0, 0.05) is 36.7 Å². The van der Waals surface area contributed by atoms with Crippen LogP contribution in [-0.2, 0) is 26.0 Å². The summed E-state index contributed by atoms with van der Waals surface area (Å²) in [5.74, 6) is 0.0441. The zero-order valence-corrected chi connectivity index (χ0v) is 24.4. The molecule has 2 aliphatic rings. The van der Waals surface area contributed by atoms with Crippen LogP contribution < -0.4 is 10.1 Å². The third-order valence-corrected chi connectivity index (χ3v) is 9.89. The van der Waals surface area contributed by atoms with E-state index in [1.54, 1.807) is 60.4 Å². The number of anilines is 1. The molecule has 1 heterocycles. The van der Waals surface area contributed by atoms with Crippen LogP contribution >= 0.6 is 0 Å². The first-order valence-electron chi connectivity index (χ1n) is 14.1. The number of benzene rings is 2. The molecule has 9 nitrogen and oxygen atoms in total. The summed E-state index contributed by atoms with van der Waals surface area (Å²) in [5.41, 5.74) is 1.20. The van der Waals surface area contributed by atoms with Crippen LogP contribution in [0.15, 0.2) is 53.4 Å². The average Bonchev–Trinajstić information content (AvgIpc) is 3.01. The van der Waals surface area contributed by atoms with Crippen molar-refractivity contribution in [2.24, 2.45) is 11.8 Å². The SMILES string of the molecule is C[C@@H]1CN([C@@H](C)CO)C(=O)Cc2cc(NC(=O)C3CCCCC3)ccc2O[C@@H]1CN(C)S(=O)(=O)c1ccccc1. The molecule has 0 radical (unpaired) electrons. The lowest BCUT2D eigenvalue weighted by atomic mass is 9.88. The third-order valence-electron chi connectivity index (χ3n) is 8.05. The Morgan fingerprint density at radius 1 is 1.15 bits per heavy atom. The van der Waals surface area contributed by atoms with Crippen LogP contribution in [0.1, 0.15) is 51.5 Å². The van der Waals surface area contributed by atoms with Gasteiger partial charge in [-0.2, -0.15) is 4.31 Å². The molecule has 0 bridgehead atoms. The van der Waals surface area contributed by atoms with Gasteiger partial charge in [-0.05, 0) is 50.1 Å². The molecule has 2 aromatic rings. The molecule has 1 fully saturated rings. The van der Waals surface area contributed by atoms with Crippen molar-refractivity contribution < 1.29 is 27.9 Å². The zero-order valence-electron chi connectivity index (χ0n) is 23.6. The molecule has 0 saturated heterocycles. The highest BCUT2D eigenvalue weighted by Crippen LogP contribution is 2.31. The van der Waals surface area contributed by atoms with Crippen LogP contribution in [0.4, 0.5) is 5.69 Å². The molecule has 1 saturated carbocycles. The van der Waals surface area contributed by atoms with Crippen LogP contribution in [0.5, 0.6) is 5.75 Å². The van der Waals surface area contributed by atoms with Crippen molar-refractivity contribution in [1.82, 2.24) is 9.21 Å². The predicted molar refractivity (Wildman–Crippen MR) is 153 cm³/mol. The number of fused-ring (bicyclic) bond motifs is 1. The molecule has 1 aliphatic heterocycles. The van der Waals surface area contributed by atoms with Gasteiger partial charge in [0.1, 0.15) is 11.9 Å². The van der Waals surface area contributed by atoms with Crippen LogP contribution in [-0.4, -0.2) is 73.4 Å². The average molecular weight is 572 g/mol. The lowest BCUT2D eigenvalue weighted by Crippen LogP contribution is -2.48. The Balaban J connectivity index is 1.62. The summed E-state index contributed by atoms with van der Waals surface area (Å²) >= 11 is 0. The Morgan fingerprint density at radius 3 is 2.52 bits per heavy atom. The summed E-state index contributed by atoms with van der Waals surface area (Å²) in [6, 6.07) is 13.1. The van der Waals surface area contributed by atoms with Gasteiger partial charge in [-0.15, -0.1) is 0 Å². The summed E-state index contributed by atoms with van der Waals surface area (Å²) in [6.07, 6.45) is 4.48. The molecule has 40 heavy (non-hydrogen) atoms. The number of aliphatic hydroxyl groups excluding tert-OH is 1. The number of sulfonamides is 1. The van der Waals surface area contributed by atoms with Crippen LogP contribution in [0.3, 0.4) is 0 Å². The van der Waals surface area contributed by atoms with Gasteiger partial charge in [-0.3, -0.25) is 9.59 Å². The minimum Gasteiger partial charge on any atom is -0.488 e. The van der Waals surface area contributed by atoms with Gasteiger partial charge in [0.15, 0.2) is 0 Å². The van der Waals surface area contributed by atoms with Crippen LogP contribution in [0.25, 0.3) is 0 Å². The zero-order chi connectivity index (χ0) is 28.9. The van der Waals surface area contributed by atoms with E-state index in [1.165, 1.54) is 11.4 Å². The molecule has 3 atom stereocenters. The van der Waals surface area contributed by atoms with Gasteiger partial charge in [0.2, 0.25) is 21.8 Å². The van der Waals surface area contributed by atoms with Crippen molar-refractivity contribution in [1.29, 1.82) is 0 Å². The number of carbonyl (C=O) groups is 2. The van der Waals surface area contributed by atoms with E-state index in [0.717, 1.165) is 32.1 Å². The highest BCUT2D eigenvalue weighted by atomic mass is 32.2. The van der Waals surface area contributed by atoms with Crippen molar-refractivity contribution in [3.63, 3.8) is 0 Å². The highest BCUT2D eigenvalue weighted by Gasteiger charge is 2.33. The van der Waals surface area contributed by atoms with Crippen molar-refractivity contribution in [3.8, 4) is 5.75 Å². The fourth-order valence-corrected chi connectivity index (χ4v) is 6.66. The molecular formula is C30H41N3O6S. The number of amides is 2. The Labute approximate surface area is 237 Å². The maximum Gasteiger partial charge on any atom is 0.242 e. The Kier molecular flexibility index (Phi) is 9.86. The molecule has 0 aromatic heterocycles. The third kappa shape index (κ3) is 7.03. The van der Waals surface area contributed by atoms with E-state index in [0.29, 0.717) is 23.5 Å². The summed E-state index contributed by atoms with van der Waals surface area (Å²) in [7, 11) is -2.24. The number of nitrogens with one attached hydrogen (secondary N) is 1. The number of likely N-dealkylation sites (N-methyl/N-ethyl adjacent to an activating group) is 1. The number of carbonyl (C=O) groups excluding carboxylic acids is 2. The number of hydrogen-bond donors (Lipinski definition) is 2. The van der Waals surface area contributed by atoms with Gasteiger partial charge >= 0.3 is 0 Å². The maximum absolute atomic E-state index is 13.4. The summed E-state index contributed by atoms with van der Waals surface area (Å²) < 4.78 is 34.3. The second-order valence-corrected chi connectivity index (χ2v) is 13.2. The van der Waals surface area contributed by atoms with E-state index in [-0.39, 0.29) is 48.1 Å². The van der Waals surface area contributed by atoms with Crippen molar-refractivity contribution in [2.75, 3.05) is 32.1 Å². The van der Waals surface area contributed by atoms with Crippen molar-refractivity contribution >= 4 is 27.5 Å². The minimum atomic E-state index is -3.76. The van der Waals surface area contributed by atoms with E-state index in [1.807, 2.05) is 6.92 Å². The quantitative estimate of drug-likeness (QED) is 0.500. The van der Waals surface area contributed by atoms with E-state index in [2.05, 4.69) is 5.32 Å². The molecular weight excluding hydrogens is 530 g/mol. The molecule has 0 unspecified atom stereocenters. The Hall–Kier alpha value is -2.95. The first-order valence-corrected chi connectivity index (χ1v) is 15.6. The van der Waals surface area contributed by atoms with Crippen LogP contribution in [0.2, 0.25) is 0 Å². The summed E-state index contributed by atoms with van der Waals surface area (Å²) in [4.78, 5) is 28.2. The minimum absolute atomic E-state index is 0.00920. The van der Waals surface area contributed by atoms with E-state index in [9.17, 15) is 23.1 Å². The molecule has 1 aliphatic carbocycles. The second kappa shape index (κ2) is 13.1. The van der Waals surface area contributed by atoms with Gasteiger partial charge in [0.25, 0.3) is 0 Å². The van der Waals surface area contributed by atoms with Gasteiger partial charge < -0.3 is 20.1 Å². The monoisotopic (exact) mass is 571 g/mol. The fraction of sp³-hybridized carbons (Fsp3) is 0.533. The molecule has 218 valence electrons. The smallest absolute Gasteiger partial charge is 0.242 e. The Bertz CT molecular complexity index is 1280. The number of aliphatic hydroxyl groups is 1. The maximum atomic E-state index is 13.4. The lowest BCUT2D eigenvalue weighted by molar-refractivity contribution is -0.134. The molecule has 0 spiro atoms. The summed E-state index contributed by atoms with van der Waals surface area (Å²) in [6.45, 7) is 3.86. The fourth-order valence-electron chi connectivity index (χ4n) is 5.46. The highest BCUT2D eigenvalue weighted by molar-refractivity contribution is 7.89. The number of nitrogens with zero attached hydrogens (tertiary/aromatic N) is 2. The molecule has 2 aromatic carbocycles. The van der Waals surface area contributed by atoms with Crippen LogP contribution in [0, 0.1) is 11.8 Å². The first kappa shape index (κ1) is 30.0. The van der Waals surface area contributed by atoms with Gasteiger partial charge in [-0.25, -0.2) is 8.42 Å². The number of rotatable bonds is 8. The molecule has 10 heteroatoms. The Morgan fingerprint density at radius 2 is 1.85 bits per heavy atom. The lowest BCUT2D eigenvalue weighted by Gasteiger charge is -2.33. The first-order chi connectivity index (χ1) is 19.1. The van der Waals surface area contributed by atoms with Crippen molar-refractivity contribution in [2.45, 2.75) is 69.4 Å². The van der Waals surface area contributed by atoms with E-state index >= 15 is 0 Å². The molecule has 2 N–H and O–H groups in total. The van der Waals surface area contributed by atoms with Crippen molar-refractivity contribution in [3.05, 3.63) is 54.1 Å². The number of hydrogen-bond acceptors (Lipinski definition) is 6. The topological polar surface area (TPSA) is 116 Å². The number of ether oxygens (including phenoxy) is 1. The van der Waals surface area contributed by atoms with Gasteiger partial charge in [-0.1, -0.05) is 44.4 Å². The molecule has 2 amide bonds. The van der Waals surface area contributed by atoms with E-state index in [4.69, 9.17) is 4.74 Å². The normalized spacial score (nSPS) is 21.5. The standard InChI is InChI=1S/C30H41N3O6S/c1-21-18-33(22(2)20-34)29(35)17-24-16-25(31-30(36)23-10-6-4-7-11-23)14-15-27(24)39-28(21)19-32(3)40(37,38)26-12-8-5-9-13-26/h5,8-9,12-16,21-23,28,34H,4,6-7,10-11,17-20H2,1-3H3,(H,31,36)/t21-,22+,28-/m1/s1. The predicted octanol–water partition coefficient (Wildman–Crippen LogP) is 3.68. The van der Waals surface area contributed by atoms with Gasteiger partial charge in [0.05, 0.1) is 30.5 Å². The second-order valence-electron chi connectivity index (χ2n) is 11.1. The molecule has 4 rings (SSSR count). The van der Waals surface area contributed by atoms with E-state index < -0.39 is 22.2 Å². The summed E-state index contributed by atoms with van der Waals surface area (Å²) in [5, 5.41) is 12.9.